The maximum atomic E-state index is 10.2. The minimum Gasteiger partial charge on any atom is -0.316 e. The minimum absolute atomic E-state index is 0.213. The highest BCUT2D eigenvalue weighted by Gasteiger charge is 2.00. The molecule has 0 aliphatic rings. The fourth-order valence-electron chi connectivity index (χ4n) is 0.618. The second-order valence-corrected chi connectivity index (χ2v) is 2.11. The molecule has 0 aromatic heterocycles. The van der Waals surface area contributed by atoms with Gasteiger partial charge < -0.3 is 10.1 Å². The number of rotatable bonds is 5. The molecular formula is C7H15NO. The molecule has 0 rings (SSSR count). The lowest BCUT2D eigenvalue weighted by Crippen LogP contribution is -2.22. The summed E-state index contributed by atoms with van der Waals surface area (Å²) in [5, 5.41) is 3.12. The molecule has 1 N–H and O–H groups in total. The molecule has 0 saturated carbocycles. The topological polar surface area (TPSA) is 29.1 Å². The number of aldehydes is 1. The molecule has 0 bridgehead atoms. The highest BCUT2D eigenvalue weighted by atomic mass is 16.1. The molecule has 0 fully saturated rings. The molecule has 0 aliphatic heterocycles. The molecule has 2 nitrogen and oxygen atoms in total. The summed E-state index contributed by atoms with van der Waals surface area (Å²) in [5.41, 5.74) is 0. The molecule has 0 aromatic rings. The number of carbonyl (C=O) groups is 1. The van der Waals surface area contributed by atoms with Gasteiger partial charge in [0.05, 0.1) is 0 Å². The van der Waals surface area contributed by atoms with Gasteiger partial charge in [-0.15, -0.1) is 0 Å². The first-order valence-electron chi connectivity index (χ1n) is 3.51. The first-order chi connectivity index (χ1) is 4.35. The molecule has 2 heteroatoms. The van der Waals surface area contributed by atoms with Crippen LogP contribution in [-0.4, -0.2) is 19.4 Å². The van der Waals surface area contributed by atoms with E-state index >= 15 is 0 Å². The van der Waals surface area contributed by atoms with Crippen molar-refractivity contribution in [2.75, 3.05) is 13.1 Å². The molecule has 0 radical (unpaired) electrons. The Morgan fingerprint density at radius 1 is 1.56 bits per heavy atom. The SMILES string of the molecule is CCNCC(C=O)CC. The van der Waals surface area contributed by atoms with Gasteiger partial charge in [-0.3, -0.25) is 0 Å². The van der Waals surface area contributed by atoms with Crippen molar-refractivity contribution in [2.24, 2.45) is 5.92 Å². The molecule has 0 aromatic carbocycles. The van der Waals surface area contributed by atoms with Crippen LogP contribution < -0.4 is 5.32 Å². The van der Waals surface area contributed by atoms with E-state index in [1.807, 2.05) is 13.8 Å². The minimum atomic E-state index is 0.213. The van der Waals surface area contributed by atoms with E-state index in [1.54, 1.807) is 0 Å². The Hall–Kier alpha value is -0.370. The Labute approximate surface area is 56.6 Å². The van der Waals surface area contributed by atoms with Crippen molar-refractivity contribution in [1.29, 1.82) is 0 Å². The quantitative estimate of drug-likeness (QED) is 0.557. The monoisotopic (exact) mass is 129 g/mol. The van der Waals surface area contributed by atoms with Crippen molar-refractivity contribution in [3.05, 3.63) is 0 Å². The van der Waals surface area contributed by atoms with Gasteiger partial charge in [0, 0.05) is 12.5 Å². The zero-order chi connectivity index (χ0) is 7.11. The molecule has 54 valence electrons. The summed E-state index contributed by atoms with van der Waals surface area (Å²) in [7, 11) is 0. The molecule has 9 heavy (non-hydrogen) atoms. The number of carbonyl (C=O) groups excluding carboxylic acids is 1. The van der Waals surface area contributed by atoms with E-state index in [2.05, 4.69) is 5.32 Å². The number of nitrogens with one attached hydrogen (secondary N) is 1. The highest BCUT2D eigenvalue weighted by Crippen LogP contribution is 1.94. The number of hydrogen-bond acceptors (Lipinski definition) is 2. The third-order valence-electron chi connectivity index (χ3n) is 1.37. The average molecular weight is 129 g/mol. The predicted molar refractivity (Wildman–Crippen MR) is 38.4 cm³/mol. The summed E-state index contributed by atoms with van der Waals surface area (Å²) in [4.78, 5) is 10.2. The van der Waals surface area contributed by atoms with E-state index in [0.29, 0.717) is 0 Å². The highest BCUT2D eigenvalue weighted by molar-refractivity contribution is 5.53. The van der Waals surface area contributed by atoms with Gasteiger partial charge in [-0.2, -0.15) is 0 Å². The van der Waals surface area contributed by atoms with Crippen LogP contribution in [0, 0.1) is 5.92 Å². The lowest BCUT2D eigenvalue weighted by molar-refractivity contribution is -0.111. The molecule has 1 unspecified atom stereocenters. The van der Waals surface area contributed by atoms with E-state index in [4.69, 9.17) is 0 Å². The summed E-state index contributed by atoms with van der Waals surface area (Å²) in [5.74, 6) is 0.213. The second kappa shape index (κ2) is 5.76. The van der Waals surface area contributed by atoms with Crippen LogP contribution in [0.15, 0.2) is 0 Å². The summed E-state index contributed by atoms with van der Waals surface area (Å²) < 4.78 is 0. The van der Waals surface area contributed by atoms with Crippen LogP contribution in [0.1, 0.15) is 20.3 Å². The van der Waals surface area contributed by atoms with Gasteiger partial charge in [0.2, 0.25) is 0 Å². The zero-order valence-corrected chi connectivity index (χ0v) is 6.18. The van der Waals surface area contributed by atoms with Crippen molar-refractivity contribution in [2.45, 2.75) is 20.3 Å². The zero-order valence-electron chi connectivity index (χ0n) is 6.18. The van der Waals surface area contributed by atoms with Crippen molar-refractivity contribution in [3.63, 3.8) is 0 Å². The van der Waals surface area contributed by atoms with Crippen molar-refractivity contribution >= 4 is 6.29 Å². The largest absolute Gasteiger partial charge is 0.316 e. The Balaban J connectivity index is 3.20. The normalized spacial score (nSPS) is 13.1. The van der Waals surface area contributed by atoms with E-state index in [-0.39, 0.29) is 5.92 Å². The van der Waals surface area contributed by atoms with Crippen LogP contribution in [0.4, 0.5) is 0 Å². The molecule has 0 spiro atoms. The van der Waals surface area contributed by atoms with Crippen LogP contribution in [0.2, 0.25) is 0 Å². The van der Waals surface area contributed by atoms with Gasteiger partial charge in [0.15, 0.2) is 0 Å². The first kappa shape index (κ1) is 8.63. The van der Waals surface area contributed by atoms with Gasteiger partial charge in [-0.05, 0) is 13.0 Å². The molecular weight excluding hydrogens is 114 g/mol. The first-order valence-corrected chi connectivity index (χ1v) is 3.51. The van der Waals surface area contributed by atoms with Gasteiger partial charge in [0.1, 0.15) is 6.29 Å². The van der Waals surface area contributed by atoms with E-state index in [0.717, 1.165) is 25.8 Å². The van der Waals surface area contributed by atoms with Crippen LogP contribution in [0.25, 0.3) is 0 Å². The van der Waals surface area contributed by atoms with Crippen molar-refractivity contribution < 1.29 is 4.79 Å². The Morgan fingerprint density at radius 2 is 2.22 bits per heavy atom. The van der Waals surface area contributed by atoms with Gasteiger partial charge in [-0.25, -0.2) is 0 Å². The van der Waals surface area contributed by atoms with Crippen LogP contribution in [-0.2, 0) is 4.79 Å². The third-order valence-corrected chi connectivity index (χ3v) is 1.37. The van der Waals surface area contributed by atoms with Crippen LogP contribution >= 0.6 is 0 Å². The fraction of sp³-hybridized carbons (Fsp3) is 0.857. The molecule has 0 heterocycles. The van der Waals surface area contributed by atoms with Gasteiger partial charge in [0.25, 0.3) is 0 Å². The lowest BCUT2D eigenvalue weighted by atomic mass is 10.1. The molecule has 1 atom stereocenters. The summed E-state index contributed by atoms with van der Waals surface area (Å²) >= 11 is 0. The smallest absolute Gasteiger partial charge is 0.124 e. The van der Waals surface area contributed by atoms with E-state index in [9.17, 15) is 4.79 Å². The Bertz CT molecular complexity index is 73.3. The summed E-state index contributed by atoms with van der Waals surface area (Å²) in [6.45, 7) is 5.84. The second-order valence-electron chi connectivity index (χ2n) is 2.11. The van der Waals surface area contributed by atoms with Crippen LogP contribution in [0.5, 0.6) is 0 Å². The van der Waals surface area contributed by atoms with Crippen molar-refractivity contribution in [1.82, 2.24) is 5.32 Å². The molecule has 0 saturated heterocycles. The summed E-state index contributed by atoms with van der Waals surface area (Å²) in [6, 6.07) is 0. The molecule has 0 aliphatic carbocycles. The van der Waals surface area contributed by atoms with Crippen LogP contribution in [0.3, 0.4) is 0 Å². The number of hydrogen-bond donors (Lipinski definition) is 1. The Morgan fingerprint density at radius 3 is 2.56 bits per heavy atom. The predicted octanol–water partition coefficient (Wildman–Crippen LogP) is 0.821. The van der Waals surface area contributed by atoms with Crippen molar-refractivity contribution in [3.8, 4) is 0 Å². The van der Waals surface area contributed by atoms with E-state index in [1.165, 1.54) is 0 Å². The maximum absolute atomic E-state index is 10.2. The standard InChI is InChI=1S/C7H15NO/c1-3-7(6-9)5-8-4-2/h6-8H,3-5H2,1-2H3. The van der Waals surface area contributed by atoms with E-state index < -0.39 is 0 Å². The summed E-state index contributed by atoms with van der Waals surface area (Å²) in [6.07, 6.45) is 1.96. The van der Waals surface area contributed by atoms with Gasteiger partial charge in [-0.1, -0.05) is 13.8 Å². The van der Waals surface area contributed by atoms with Gasteiger partial charge >= 0.3 is 0 Å². The maximum Gasteiger partial charge on any atom is 0.124 e. The fourth-order valence-corrected chi connectivity index (χ4v) is 0.618. The lowest BCUT2D eigenvalue weighted by Gasteiger charge is -2.05. The third kappa shape index (κ3) is 4.15. The Kier molecular flexibility index (Phi) is 5.52. The average Bonchev–Trinajstić information content (AvgIpc) is 1.91. The molecule has 0 amide bonds.